The minimum absolute atomic E-state index is 0.0182. The molecule has 0 atom stereocenters. The van der Waals surface area contributed by atoms with Gasteiger partial charge in [0, 0.05) is 0 Å². The van der Waals surface area contributed by atoms with E-state index in [1.54, 1.807) is 0 Å². The highest BCUT2D eigenvalue weighted by Crippen LogP contribution is 2.21. The number of hydrogen-bond donors (Lipinski definition) is 1. The molecular weight excluding hydrogens is 194 g/mol. The van der Waals surface area contributed by atoms with Crippen LogP contribution in [0, 0.1) is 5.92 Å². The Morgan fingerprint density at radius 2 is 2.31 bits per heavy atom. The Bertz CT molecular complexity index is 319. The first kappa shape index (κ1) is 10.1. The first-order valence-corrected chi connectivity index (χ1v) is 4.27. The molecule has 1 aromatic rings. The highest BCUT2D eigenvalue weighted by molar-refractivity contribution is 6.31. The first-order valence-electron chi connectivity index (χ1n) is 3.89. The number of hydrogen-bond acceptors (Lipinski definition) is 3. The van der Waals surface area contributed by atoms with Gasteiger partial charge in [-0.3, -0.25) is 0 Å². The Morgan fingerprint density at radius 1 is 1.69 bits per heavy atom. The number of halogens is 1. The normalized spacial score (nSPS) is 10.8. The van der Waals surface area contributed by atoms with E-state index in [9.17, 15) is 4.79 Å². The third-order valence-corrected chi connectivity index (χ3v) is 1.79. The van der Waals surface area contributed by atoms with Crippen molar-refractivity contribution in [2.75, 3.05) is 0 Å². The van der Waals surface area contributed by atoms with Crippen LogP contribution in [0.3, 0.4) is 0 Å². The smallest absolute Gasteiger partial charge is 0.342 e. The van der Waals surface area contributed by atoms with Gasteiger partial charge in [-0.05, 0) is 23.9 Å². The largest absolute Gasteiger partial charge is 0.477 e. The summed E-state index contributed by atoms with van der Waals surface area (Å²) in [5.74, 6) is -0.777. The SMILES string of the molecule is CC(C)Cc1noc(Cl)c1C(=O)O. The van der Waals surface area contributed by atoms with Crippen molar-refractivity contribution >= 4 is 17.6 Å². The van der Waals surface area contributed by atoms with E-state index in [0.717, 1.165) is 0 Å². The third kappa shape index (κ3) is 2.21. The number of carboxylic acids is 1. The molecule has 0 spiro atoms. The van der Waals surface area contributed by atoms with Crippen molar-refractivity contribution in [3.8, 4) is 0 Å². The summed E-state index contributed by atoms with van der Waals surface area (Å²) < 4.78 is 4.59. The summed E-state index contributed by atoms with van der Waals surface area (Å²) in [6.45, 7) is 3.93. The molecule has 0 aliphatic rings. The van der Waals surface area contributed by atoms with E-state index in [1.807, 2.05) is 13.8 Å². The fraction of sp³-hybridized carbons (Fsp3) is 0.500. The lowest BCUT2D eigenvalue weighted by Crippen LogP contribution is -2.03. The van der Waals surface area contributed by atoms with Gasteiger partial charge in [-0.1, -0.05) is 19.0 Å². The molecule has 0 aliphatic carbocycles. The van der Waals surface area contributed by atoms with Crippen molar-refractivity contribution in [2.24, 2.45) is 5.92 Å². The van der Waals surface area contributed by atoms with Crippen LogP contribution in [-0.4, -0.2) is 16.2 Å². The molecule has 0 radical (unpaired) electrons. The minimum atomic E-state index is -1.10. The molecule has 0 saturated heterocycles. The van der Waals surface area contributed by atoms with Crippen molar-refractivity contribution in [3.63, 3.8) is 0 Å². The van der Waals surface area contributed by atoms with Gasteiger partial charge in [0.15, 0.2) is 0 Å². The zero-order valence-electron chi connectivity index (χ0n) is 7.37. The molecule has 1 rings (SSSR count). The van der Waals surface area contributed by atoms with Crippen LogP contribution in [0.4, 0.5) is 0 Å². The van der Waals surface area contributed by atoms with Gasteiger partial charge in [0.25, 0.3) is 0 Å². The average Bonchev–Trinajstić information content (AvgIpc) is 2.30. The maximum Gasteiger partial charge on any atom is 0.342 e. The Labute approximate surface area is 80.5 Å². The molecule has 4 nitrogen and oxygen atoms in total. The zero-order valence-corrected chi connectivity index (χ0v) is 8.13. The van der Waals surface area contributed by atoms with Gasteiger partial charge in [-0.15, -0.1) is 0 Å². The molecule has 0 unspecified atom stereocenters. The summed E-state index contributed by atoms with van der Waals surface area (Å²) in [4.78, 5) is 10.7. The summed E-state index contributed by atoms with van der Waals surface area (Å²) in [6.07, 6.45) is 0.553. The van der Waals surface area contributed by atoms with Crippen LogP contribution >= 0.6 is 11.6 Å². The van der Waals surface area contributed by atoms with Crippen LogP contribution < -0.4 is 0 Å². The van der Waals surface area contributed by atoms with E-state index < -0.39 is 5.97 Å². The number of aromatic nitrogens is 1. The number of carboxylic acid groups (broad SMARTS) is 1. The van der Waals surface area contributed by atoms with Gasteiger partial charge in [0.05, 0.1) is 0 Å². The monoisotopic (exact) mass is 203 g/mol. The number of carbonyl (C=O) groups is 1. The summed E-state index contributed by atoms with van der Waals surface area (Å²) >= 11 is 5.51. The Balaban J connectivity index is 3.00. The van der Waals surface area contributed by atoms with Crippen LogP contribution in [0.25, 0.3) is 0 Å². The molecule has 0 saturated carbocycles. The second kappa shape index (κ2) is 3.79. The standard InChI is InChI=1S/C8H10ClNO3/c1-4(2)3-5-6(8(11)12)7(9)13-10-5/h4H,3H2,1-2H3,(H,11,12). The lowest BCUT2D eigenvalue weighted by Gasteiger charge is -2.00. The number of nitrogens with zero attached hydrogens (tertiary/aromatic N) is 1. The molecule has 1 heterocycles. The van der Waals surface area contributed by atoms with Crippen molar-refractivity contribution in [1.82, 2.24) is 5.16 Å². The number of aromatic carboxylic acids is 1. The Hall–Kier alpha value is -1.03. The van der Waals surface area contributed by atoms with Gasteiger partial charge in [0.1, 0.15) is 11.3 Å². The molecule has 0 aliphatic heterocycles. The second-order valence-corrected chi connectivity index (χ2v) is 3.52. The molecule has 13 heavy (non-hydrogen) atoms. The van der Waals surface area contributed by atoms with Crippen molar-refractivity contribution in [1.29, 1.82) is 0 Å². The number of rotatable bonds is 3. The van der Waals surface area contributed by atoms with Crippen molar-refractivity contribution in [3.05, 3.63) is 16.5 Å². The molecule has 1 aromatic heterocycles. The fourth-order valence-corrected chi connectivity index (χ4v) is 1.26. The molecule has 5 heteroatoms. The fourth-order valence-electron chi connectivity index (χ4n) is 1.03. The van der Waals surface area contributed by atoms with Crippen LogP contribution in [0.5, 0.6) is 0 Å². The summed E-state index contributed by atoms with van der Waals surface area (Å²) in [7, 11) is 0. The Morgan fingerprint density at radius 3 is 2.77 bits per heavy atom. The molecule has 72 valence electrons. The highest BCUT2D eigenvalue weighted by atomic mass is 35.5. The third-order valence-electron chi connectivity index (χ3n) is 1.54. The van der Waals surface area contributed by atoms with E-state index >= 15 is 0 Å². The predicted octanol–water partition coefficient (Wildman–Crippen LogP) is 2.22. The minimum Gasteiger partial charge on any atom is -0.477 e. The predicted molar refractivity (Wildman–Crippen MR) is 47.0 cm³/mol. The molecular formula is C8H10ClNO3. The molecule has 0 fully saturated rings. The van der Waals surface area contributed by atoms with E-state index in [-0.39, 0.29) is 10.8 Å². The molecule has 1 N–H and O–H groups in total. The lowest BCUT2D eigenvalue weighted by atomic mass is 10.1. The van der Waals surface area contributed by atoms with Gasteiger partial charge in [-0.25, -0.2) is 4.79 Å². The summed E-state index contributed by atoms with van der Waals surface area (Å²) in [5, 5.41) is 12.2. The highest BCUT2D eigenvalue weighted by Gasteiger charge is 2.21. The Kier molecular flexibility index (Phi) is 2.93. The van der Waals surface area contributed by atoms with Gasteiger partial charge in [-0.2, -0.15) is 0 Å². The summed E-state index contributed by atoms with van der Waals surface area (Å²) in [6, 6.07) is 0. The van der Waals surface area contributed by atoms with Crippen LogP contribution in [0.1, 0.15) is 29.9 Å². The second-order valence-electron chi connectivity index (χ2n) is 3.18. The lowest BCUT2D eigenvalue weighted by molar-refractivity contribution is 0.0695. The molecule has 0 bridgehead atoms. The van der Waals surface area contributed by atoms with E-state index in [2.05, 4.69) is 9.68 Å². The van der Waals surface area contributed by atoms with E-state index in [1.165, 1.54) is 0 Å². The first-order chi connectivity index (χ1) is 6.02. The van der Waals surface area contributed by atoms with Crippen molar-refractivity contribution < 1.29 is 14.4 Å². The van der Waals surface area contributed by atoms with Crippen LogP contribution in [0.15, 0.2) is 4.52 Å². The maximum absolute atomic E-state index is 10.7. The van der Waals surface area contributed by atoms with E-state index in [0.29, 0.717) is 18.0 Å². The topological polar surface area (TPSA) is 63.3 Å². The van der Waals surface area contributed by atoms with Gasteiger partial charge < -0.3 is 9.63 Å². The average molecular weight is 204 g/mol. The van der Waals surface area contributed by atoms with Crippen molar-refractivity contribution in [2.45, 2.75) is 20.3 Å². The molecule has 0 amide bonds. The van der Waals surface area contributed by atoms with E-state index in [4.69, 9.17) is 16.7 Å². The van der Waals surface area contributed by atoms with Crippen LogP contribution in [-0.2, 0) is 6.42 Å². The van der Waals surface area contributed by atoms with Gasteiger partial charge >= 0.3 is 5.97 Å². The zero-order chi connectivity index (χ0) is 10.0. The quantitative estimate of drug-likeness (QED) is 0.818. The van der Waals surface area contributed by atoms with Gasteiger partial charge in [0.2, 0.25) is 5.22 Å². The molecule has 0 aromatic carbocycles. The maximum atomic E-state index is 10.7. The van der Waals surface area contributed by atoms with Crippen LogP contribution in [0.2, 0.25) is 5.22 Å². The summed E-state index contributed by atoms with van der Waals surface area (Å²) in [5.41, 5.74) is 0.392.